The number of aliphatic hydroxyl groups excluding tert-OH is 1. The predicted molar refractivity (Wildman–Crippen MR) is 53.9 cm³/mol. The van der Waals surface area contributed by atoms with Crippen molar-refractivity contribution in [2.24, 2.45) is 11.7 Å². The molecule has 14 heavy (non-hydrogen) atoms. The molecule has 0 saturated heterocycles. The van der Waals surface area contributed by atoms with Crippen molar-refractivity contribution in [1.29, 1.82) is 0 Å². The van der Waals surface area contributed by atoms with Gasteiger partial charge in [0.2, 0.25) is 0 Å². The molecule has 1 aromatic heterocycles. The molecule has 1 aromatic rings. The Bertz CT molecular complexity index is 319. The van der Waals surface area contributed by atoms with Crippen molar-refractivity contribution < 1.29 is 9.52 Å². The molecule has 2 unspecified atom stereocenters. The van der Waals surface area contributed by atoms with Gasteiger partial charge in [0.05, 0.1) is 12.4 Å². The maximum absolute atomic E-state index is 9.93. The number of rotatable bonds is 2. The number of hydrogen-bond donors (Lipinski definition) is 2. The lowest BCUT2D eigenvalue weighted by molar-refractivity contribution is 0.124. The van der Waals surface area contributed by atoms with E-state index in [4.69, 9.17) is 10.2 Å². The van der Waals surface area contributed by atoms with Crippen molar-refractivity contribution in [2.45, 2.75) is 32.3 Å². The minimum absolute atomic E-state index is 0.353. The van der Waals surface area contributed by atoms with E-state index in [2.05, 4.69) is 0 Å². The molecule has 3 nitrogen and oxygen atoms in total. The summed E-state index contributed by atoms with van der Waals surface area (Å²) in [5.74, 6) is 1.44. The molecule has 3 N–H and O–H groups in total. The Kier molecular flexibility index (Phi) is 2.61. The lowest BCUT2D eigenvalue weighted by Crippen LogP contribution is -2.20. The molecule has 0 bridgehead atoms. The van der Waals surface area contributed by atoms with E-state index in [1.807, 2.05) is 6.92 Å². The highest BCUT2D eigenvalue weighted by Gasteiger charge is 2.28. The number of aryl methyl sites for hydroxylation is 1. The van der Waals surface area contributed by atoms with Gasteiger partial charge >= 0.3 is 0 Å². The fourth-order valence-electron chi connectivity index (χ4n) is 2.35. The number of furan rings is 1. The standard InChI is InChI=1S/C11H17NO2/c1-7-6-14-10-5-8(2-3-12)4-9(13)11(7)10/h6,8-9,13H,2-5,12H2,1H3. The molecule has 2 rings (SSSR count). The van der Waals surface area contributed by atoms with Crippen LogP contribution < -0.4 is 5.73 Å². The van der Waals surface area contributed by atoms with Crippen LogP contribution in [0.15, 0.2) is 10.7 Å². The van der Waals surface area contributed by atoms with Crippen molar-refractivity contribution in [3.8, 4) is 0 Å². The highest BCUT2D eigenvalue weighted by molar-refractivity contribution is 5.31. The monoisotopic (exact) mass is 195 g/mol. The zero-order chi connectivity index (χ0) is 10.1. The van der Waals surface area contributed by atoms with E-state index >= 15 is 0 Å². The van der Waals surface area contributed by atoms with Crippen LogP contribution in [-0.2, 0) is 6.42 Å². The van der Waals surface area contributed by atoms with E-state index in [-0.39, 0.29) is 6.10 Å². The zero-order valence-corrected chi connectivity index (χ0v) is 8.49. The Labute approximate surface area is 83.9 Å². The molecular weight excluding hydrogens is 178 g/mol. The van der Waals surface area contributed by atoms with E-state index in [1.54, 1.807) is 6.26 Å². The second-order valence-electron chi connectivity index (χ2n) is 4.15. The predicted octanol–water partition coefficient (Wildman–Crippen LogP) is 1.53. The lowest BCUT2D eigenvalue weighted by atomic mass is 9.83. The third kappa shape index (κ3) is 1.57. The van der Waals surface area contributed by atoms with Crippen molar-refractivity contribution in [1.82, 2.24) is 0 Å². The summed E-state index contributed by atoms with van der Waals surface area (Å²) in [6, 6.07) is 0. The van der Waals surface area contributed by atoms with E-state index in [1.165, 1.54) is 0 Å². The van der Waals surface area contributed by atoms with Crippen molar-refractivity contribution in [3.05, 3.63) is 23.2 Å². The topological polar surface area (TPSA) is 59.4 Å². The maximum Gasteiger partial charge on any atom is 0.110 e. The molecule has 2 atom stereocenters. The van der Waals surface area contributed by atoms with Crippen LogP contribution in [0, 0.1) is 12.8 Å². The Hall–Kier alpha value is -0.800. The molecule has 0 aliphatic heterocycles. The van der Waals surface area contributed by atoms with Crippen LogP contribution in [0.2, 0.25) is 0 Å². The van der Waals surface area contributed by atoms with Crippen LogP contribution in [0.25, 0.3) is 0 Å². The van der Waals surface area contributed by atoms with Gasteiger partial charge in [-0.1, -0.05) is 0 Å². The smallest absolute Gasteiger partial charge is 0.110 e. The van der Waals surface area contributed by atoms with Gasteiger partial charge < -0.3 is 15.3 Å². The average molecular weight is 195 g/mol. The molecule has 0 saturated carbocycles. The molecule has 1 aliphatic carbocycles. The fourth-order valence-corrected chi connectivity index (χ4v) is 2.35. The summed E-state index contributed by atoms with van der Waals surface area (Å²) in [5.41, 5.74) is 7.60. The second-order valence-corrected chi connectivity index (χ2v) is 4.15. The number of fused-ring (bicyclic) bond motifs is 1. The first-order valence-electron chi connectivity index (χ1n) is 5.17. The SMILES string of the molecule is Cc1coc2c1C(O)CC(CCN)C2. The third-order valence-corrected chi connectivity index (χ3v) is 3.04. The molecule has 1 heterocycles. The van der Waals surface area contributed by atoms with E-state index in [9.17, 15) is 5.11 Å². The quantitative estimate of drug-likeness (QED) is 0.752. The van der Waals surface area contributed by atoms with Crippen molar-refractivity contribution in [2.75, 3.05) is 6.54 Å². The average Bonchev–Trinajstić information content (AvgIpc) is 2.48. The molecule has 0 aromatic carbocycles. The van der Waals surface area contributed by atoms with Crippen LogP contribution in [0.1, 0.15) is 35.8 Å². The number of hydrogen-bond acceptors (Lipinski definition) is 3. The summed E-state index contributed by atoms with van der Waals surface area (Å²) in [6.07, 6.45) is 4.10. The molecule has 0 fully saturated rings. The molecule has 0 amide bonds. The summed E-state index contributed by atoms with van der Waals surface area (Å²) in [4.78, 5) is 0. The minimum Gasteiger partial charge on any atom is -0.469 e. The van der Waals surface area contributed by atoms with Crippen LogP contribution in [-0.4, -0.2) is 11.7 Å². The summed E-state index contributed by atoms with van der Waals surface area (Å²) >= 11 is 0. The van der Waals surface area contributed by atoms with Gasteiger partial charge in [0.25, 0.3) is 0 Å². The Balaban J connectivity index is 2.21. The Morgan fingerprint density at radius 2 is 2.43 bits per heavy atom. The molecule has 0 spiro atoms. The Morgan fingerprint density at radius 1 is 1.64 bits per heavy atom. The van der Waals surface area contributed by atoms with Crippen LogP contribution in [0.5, 0.6) is 0 Å². The van der Waals surface area contributed by atoms with Crippen LogP contribution in [0.3, 0.4) is 0 Å². The second kappa shape index (κ2) is 3.75. The van der Waals surface area contributed by atoms with Gasteiger partial charge in [0.15, 0.2) is 0 Å². The molecule has 3 heteroatoms. The molecule has 1 aliphatic rings. The largest absolute Gasteiger partial charge is 0.469 e. The van der Waals surface area contributed by atoms with Gasteiger partial charge in [-0.05, 0) is 37.8 Å². The van der Waals surface area contributed by atoms with Crippen molar-refractivity contribution in [3.63, 3.8) is 0 Å². The van der Waals surface area contributed by atoms with Gasteiger partial charge in [-0.15, -0.1) is 0 Å². The first kappa shape index (κ1) is 9.74. The first-order chi connectivity index (χ1) is 6.72. The molecule has 0 radical (unpaired) electrons. The first-order valence-corrected chi connectivity index (χ1v) is 5.17. The van der Waals surface area contributed by atoms with E-state index in [0.29, 0.717) is 12.5 Å². The summed E-state index contributed by atoms with van der Waals surface area (Å²) < 4.78 is 5.43. The van der Waals surface area contributed by atoms with Gasteiger partial charge in [-0.3, -0.25) is 0 Å². The zero-order valence-electron chi connectivity index (χ0n) is 8.49. The molecular formula is C11H17NO2. The summed E-state index contributed by atoms with van der Waals surface area (Å²) in [5, 5.41) is 9.93. The van der Waals surface area contributed by atoms with Crippen molar-refractivity contribution >= 4 is 0 Å². The van der Waals surface area contributed by atoms with E-state index in [0.717, 1.165) is 36.1 Å². The maximum atomic E-state index is 9.93. The third-order valence-electron chi connectivity index (χ3n) is 3.04. The van der Waals surface area contributed by atoms with E-state index < -0.39 is 0 Å². The van der Waals surface area contributed by atoms with Crippen LogP contribution >= 0.6 is 0 Å². The highest BCUT2D eigenvalue weighted by Crippen LogP contribution is 2.37. The number of nitrogens with two attached hydrogens (primary N) is 1. The summed E-state index contributed by atoms with van der Waals surface area (Å²) in [7, 11) is 0. The minimum atomic E-state index is -0.353. The van der Waals surface area contributed by atoms with Gasteiger partial charge in [-0.25, -0.2) is 0 Å². The fraction of sp³-hybridized carbons (Fsp3) is 0.636. The number of aliphatic hydroxyl groups is 1. The van der Waals surface area contributed by atoms with Gasteiger partial charge in [-0.2, -0.15) is 0 Å². The Morgan fingerprint density at radius 3 is 3.14 bits per heavy atom. The summed E-state index contributed by atoms with van der Waals surface area (Å²) in [6.45, 7) is 2.67. The normalized spacial score (nSPS) is 26.2. The van der Waals surface area contributed by atoms with Gasteiger partial charge in [0, 0.05) is 12.0 Å². The van der Waals surface area contributed by atoms with Crippen LogP contribution in [0.4, 0.5) is 0 Å². The lowest BCUT2D eigenvalue weighted by Gasteiger charge is -2.25. The highest BCUT2D eigenvalue weighted by atomic mass is 16.3. The molecule has 78 valence electrons. The van der Waals surface area contributed by atoms with Gasteiger partial charge in [0.1, 0.15) is 5.76 Å².